The predicted octanol–water partition coefficient (Wildman–Crippen LogP) is 2.69. The van der Waals surface area contributed by atoms with Gasteiger partial charge in [0, 0.05) is 13.1 Å². The van der Waals surface area contributed by atoms with Crippen molar-refractivity contribution in [3.63, 3.8) is 0 Å². The molecule has 1 aliphatic heterocycles. The van der Waals surface area contributed by atoms with E-state index < -0.39 is 3.79 Å². The molecule has 1 aliphatic rings. The zero-order valence-electron chi connectivity index (χ0n) is 8.54. The lowest BCUT2D eigenvalue weighted by molar-refractivity contribution is 0.566. The highest BCUT2D eigenvalue weighted by Gasteiger charge is 2.28. The van der Waals surface area contributed by atoms with Crippen LogP contribution in [0.25, 0.3) is 0 Å². The molecule has 0 aliphatic carbocycles. The van der Waals surface area contributed by atoms with Gasteiger partial charge in [-0.2, -0.15) is 4.98 Å². The molecule has 0 unspecified atom stereocenters. The molecule has 4 nitrogen and oxygen atoms in total. The summed E-state index contributed by atoms with van der Waals surface area (Å²) in [5.74, 6) is 0.768. The number of halogens is 3. The molecule has 7 heteroatoms. The minimum atomic E-state index is -1.59. The maximum absolute atomic E-state index is 5.73. The van der Waals surface area contributed by atoms with Crippen molar-refractivity contribution in [2.75, 3.05) is 18.0 Å². The molecule has 1 aromatic heterocycles. The van der Waals surface area contributed by atoms with Crippen molar-refractivity contribution in [3.05, 3.63) is 12.2 Å². The van der Waals surface area contributed by atoms with E-state index in [4.69, 9.17) is 34.8 Å². The molecule has 16 heavy (non-hydrogen) atoms. The summed E-state index contributed by atoms with van der Waals surface area (Å²) in [6, 6.07) is 0. The second kappa shape index (κ2) is 4.90. The molecule has 1 fully saturated rings. The molecule has 0 saturated carbocycles. The van der Waals surface area contributed by atoms with Gasteiger partial charge in [-0.15, -0.1) is 0 Å². The van der Waals surface area contributed by atoms with E-state index in [1.165, 1.54) is 12.7 Å². The molecule has 2 heterocycles. The van der Waals surface area contributed by atoms with Crippen LogP contribution in [0.3, 0.4) is 0 Å². The Hall–Kier alpha value is -0.320. The molecule has 1 aromatic rings. The maximum Gasteiger partial charge on any atom is 0.250 e. The molecular weight excluding hydrogens is 270 g/mol. The SMILES string of the molecule is ClC(Cl)(Cl)c1ncnc(N2CCCCC2)n1. The number of aromatic nitrogens is 3. The normalized spacial score (nSPS) is 17.6. The summed E-state index contributed by atoms with van der Waals surface area (Å²) < 4.78 is -1.59. The van der Waals surface area contributed by atoms with E-state index in [0.717, 1.165) is 25.9 Å². The quantitative estimate of drug-likeness (QED) is 0.742. The van der Waals surface area contributed by atoms with E-state index in [2.05, 4.69) is 19.9 Å². The first-order chi connectivity index (χ1) is 7.57. The smallest absolute Gasteiger partial charge is 0.250 e. The fourth-order valence-electron chi connectivity index (χ4n) is 1.67. The van der Waals surface area contributed by atoms with Crippen LogP contribution in [0.1, 0.15) is 25.1 Å². The zero-order chi connectivity index (χ0) is 11.6. The van der Waals surface area contributed by atoms with Gasteiger partial charge in [-0.3, -0.25) is 0 Å². The first-order valence-electron chi connectivity index (χ1n) is 5.08. The van der Waals surface area contributed by atoms with E-state index in [1.54, 1.807) is 0 Å². The van der Waals surface area contributed by atoms with Crippen LogP contribution in [0.15, 0.2) is 6.33 Å². The molecule has 0 N–H and O–H groups in total. The molecule has 0 bridgehead atoms. The number of hydrogen-bond donors (Lipinski definition) is 0. The molecule has 0 aromatic carbocycles. The van der Waals surface area contributed by atoms with Gasteiger partial charge in [-0.05, 0) is 19.3 Å². The number of alkyl halides is 3. The van der Waals surface area contributed by atoms with Crippen LogP contribution in [0.4, 0.5) is 5.95 Å². The topological polar surface area (TPSA) is 41.9 Å². The highest BCUT2D eigenvalue weighted by Crippen LogP contribution is 2.35. The average molecular weight is 282 g/mol. The Balaban J connectivity index is 2.21. The number of hydrogen-bond acceptors (Lipinski definition) is 4. The van der Waals surface area contributed by atoms with Crippen molar-refractivity contribution in [2.24, 2.45) is 0 Å². The summed E-state index contributed by atoms with van der Waals surface area (Å²) in [4.78, 5) is 14.2. The largest absolute Gasteiger partial charge is 0.341 e. The third-order valence-electron chi connectivity index (χ3n) is 2.45. The van der Waals surface area contributed by atoms with Crippen LogP contribution in [0, 0.1) is 0 Å². The van der Waals surface area contributed by atoms with Gasteiger partial charge in [0.1, 0.15) is 6.33 Å². The molecule has 0 radical (unpaired) electrons. The van der Waals surface area contributed by atoms with Crippen LogP contribution in [-0.4, -0.2) is 28.0 Å². The Labute approximate surface area is 109 Å². The van der Waals surface area contributed by atoms with E-state index in [-0.39, 0.29) is 5.82 Å². The van der Waals surface area contributed by atoms with Crippen molar-refractivity contribution < 1.29 is 0 Å². The Kier molecular flexibility index (Phi) is 3.72. The van der Waals surface area contributed by atoms with E-state index in [9.17, 15) is 0 Å². The molecule has 0 spiro atoms. The standard InChI is InChI=1S/C9H11Cl3N4/c10-9(11,12)7-13-6-14-8(15-7)16-4-2-1-3-5-16/h6H,1-5H2. The number of piperidine rings is 1. The molecular formula is C9H11Cl3N4. The Morgan fingerprint density at radius 2 is 1.75 bits per heavy atom. The molecule has 88 valence electrons. The second-order valence-corrected chi connectivity index (χ2v) is 5.94. The number of nitrogens with zero attached hydrogens (tertiary/aromatic N) is 4. The summed E-state index contributed by atoms with van der Waals surface area (Å²) in [6.07, 6.45) is 4.93. The first-order valence-corrected chi connectivity index (χ1v) is 6.22. The van der Waals surface area contributed by atoms with Crippen molar-refractivity contribution in [1.29, 1.82) is 0 Å². The van der Waals surface area contributed by atoms with Crippen molar-refractivity contribution in [3.8, 4) is 0 Å². The monoisotopic (exact) mass is 280 g/mol. The van der Waals surface area contributed by atoms with E-state index in [1.807, 2.05) is 0 Å². The Bertz CT molecular complexity index is 360. The number of rotatable bonds is 1. The lowest BCUT2D eigenvalue weighted by atomic mass is 10.1. The van der Waals surface area contributed by atoms with Gasteiger partial charge in [0.25, 0.3) is 0 Å². The lowest BCUT2D eigenvalue weighted by Crippen LogP contribution is -2.31. The molecule has 2 rings (SSSR count). The molecule has 1 saturated heterocycles. The van der Waals surface area contributed by atoms with E-state index >= 15 is 0 Å². The zero-order valence-corrected chi connectivity index (χ0v) is 10.8. The summed E-state index contributed by atoms with van der Waals surface area (Å²) >= 11 is 17.2. The van der Waals surface area contributed by atoms with Crippen LogP contribution in [0.2, 0.25) is 0 Å². The Morgan fingerprint density at radius 3 is 2.38 bits per heavy atom. The van der Waals surface area contributed by atoms with E-state index in [0.29, 0.717) is 5.95 Å². The summed E-state index contributed by atoms with van der Waals surface area (Å²) in [6.45, 7) is 1.90. The summed E-state index contributed by atoms with van der Waals surface area (Å²) in [5, 5.41) is 0. The van der Waals surface area contributed by atoms with Crippen molar-refractivity contribution in [2.45, 2.75) is 23.1 Å². The van der Waals surface area contributed by atoms with Gasteiger partial charge < -0.3 is 4.90 Å². The minimum absolute atomic E-state index is 0.174. The highest BCUT2D eigenvalue weighted by atomic mass is 35.6. The Morgan fingerprint density at radius 1 is 1.06 bits per heavy atom. The van der Waals surface area contributed by atoms with Crippen LogP contribution in [0.5, 0.6) is 0 Å². The predicted molar refractivity (Wildman–Crippen MR) is 65.1 cm³/mol. The maximum atomic E-state index is 5.73. The highest BCUT2D eigenvalue weighted by molar-refractivity contribution is 6.66. The van der Waals surface area contributed by atoms with Crippen molar-refractivity contribution in [1.82, 2.24) is 15.0 Å². The van der Waals surface area contributed by atoms with Crippen LogP contribution >= 0.6 is 34.8 Å². The third-order valence-corrected chi connectivity index (χ3v) is 2.96. The third kappa shape index (κ3) is 2.87. The van der Waals surface area contributed by atoms with Gasteiger partial charge in [0.05, 0.1) is 0 Å². The summed E-state index contributed by atoms with van der Waals surface area (Å²) in [7, 11) is 0. The van der Waals surface area contributed by atoms with Gasteiger partial charge in [0.15, 0.2) is 5.82 Å². The van der Waals surface area contributed by atoms with Crippen molar-refractivity contribution >= 4 is 40.8 Å². The fraction of sp³-hybridized carbons (Fsp3) is 0.667. The summed E-state index contributed by atoms with van der Waals surface area (Å²) in [5.41, 5.74) is 0. The fourth-order valence-corrected chi connectivity index (χ4v) is 1.94. The molecule has 0 amide bonds. The van der Waals surface area contributed by atoms with Crippen LogP contribution < -0.4 is 4.90 Å². The van der Waals surface area contributed by atoms with Gasteiger partial charge in [0.2, 0.25) is 9.74 Å². The molecule has 0 atom stereocenters. The lowest BCUT2D eigenvalue weighted by Gasteiger charge is -2.26. The first kappa shape index (κ1) is 12.1. The second-order valence-electron chi connectivity index (χ2n) is 3.65. The number of anilines is 1. The van der Waals surface area contributed by atoms with Gasteiger partial charge in [-0.1, -0.05) is 34.8 Å². The average Bonchev–Trinajstić information content (AvgIpc) is 2.29. The van der Waals surface area contributed by atoms with Gasteiger partial charge >= 0.3 is 0 Å². The van der Waals surface area contributed by atoms with Crippen LogP contribution in [-0.2, 0) is 3.79 Å². The minimum Gasteiger partial charge on any atom is -0.341 e. The van der Waals surface area contributed by atoms with Gasteiger partial charge in [-0.25, -0.2) is 9.97 Å².